The molecule has 0 aliphatic rings. The summed E-state index contributed by atoms with van der Waals surface area (Å²) in [6.07, 6.45) is 0. The maximum atomic E-state index is 12.4. The molecule has 3 rings (SSSR count). The quantitative estimate of drug-likeness (QED) is 0.596. The van der Waals surface area contributed by atoms with E-state index in [4.69, 9.17) is 11.6 Å². The minimum absolute atomic E-state index is 0.0289. The van der Waals surface area contributed by atoms with Gasteiger partial charge in [0.05, 0.1) is 5.25 Å². The maximum absolute atomic E-state index is 12.4. The Labute approximate surface area is 168 Å². The molecular formula is C20H21ClN4OS. The average molecular weight is 401 g/mol. The molecule has 0 aliphatic heterocycles. The largest absolute Gasteiger partial charge is 0.351 e. The molecule has 1 N–H and O–H groups in total. The molecule has 0 saturated heterocycles. The number of thioether (sulfide) groups is 1. The fourth-order valence-electron chi connectivity index (χ4n) is 2.64. The second-order valence-electron chi connectivity index (χ2n) is 6.02. The lowest BCUT2D eigenvalue weighted by Gasteiger charge is -2.13. The monoisotopic (exact) mass is 400 g/mol. The average Bonchev–Trinajstić information content (AvgIpc) is 3.09. The SMILES string of the molecule is CCn1c(SC(C)C(=O)NCc2ccccc2)nnc1-c1cccc(Cl)c1. The highest BCUT2D eigenvalue weighted by atomic mass is 35.5. The number of benzene rings is 2. The molecule has 1 heterocycles. The van der Waals surface area contributed by atoms with Gasteiger partial charge in [0.1, 0.15) is 0 Å². The van der Waals surface area contributed by atoms with Crippen molar-refractivity contribution in [1.82, 2.24) is 20.1 Å². The van der Waals surface area contributed by atoms with Gasteiger partial charge in [-0.25, -0.2) is 0 Å². The molecule has 0 saturated carbocycles. The summed E-state index contributed by atoms with van der Waals surface area (Å²) in [7, 11) is 0. The molecule has 0 radical (unpaired) electrons. The number of nitrogens with one attached hydrogen (secondary N) is 1. The highest BCUT2D eigenvalue weighted by Gasteiger charge is 2.20. The molecular weight excluding hydrogens is 380 g/mol. The van der Waals surface area contributed by atoms with E-state index >= 15 is 0 Å². The Bertz CT molecular complexity index is 913. The number of nitrogens with zero attached hydrogens (tertiary/aromatic N) is 3. The standard InChI is InChI=1S/C20H21ClN4OS/c1-3-25-18(16-10-7-11-17(21)12-16)23-24-20(25)27-14(2)19(26)22-13-15-8-5-4-6-9-15/h4-12,14H,3,13H2,1-2H3,(H,22,26). The number of aromatic nitrogens is 3. The summed E-state index contributed by atoms with van der Waals surface area (Å²) >= 11 is 7.49. The molecule has 140 valence electrons. The van der Waals surface area contributed by atoms with Crippen LogP contribution in [-0.2, 0) is 17.9 Å². The smallest absolute Gasteiger partial charge is 0.233 e. The maximum Gasteiger partial charge on any atom is 0.233 e. The van der Waals surface area contributed by atoms with Gasteiger partial charge in [0, 0.05) is 23.7 Å². The van der Waals surface area contributed by atoms with Gasteiger partial charge in [-0.15, -0.1) is 10.2 Å². The predicted octanol–water partition coefficient (Wildman–Crippen LogP) is 4.42. The van der Waals surface area contributed by atoms with Crippen LogP contribution < -0.4 is 5.32 Å². The lowest BCUT2D eigenvalue weighted by atomic mass is 10.2. The molecule has 1 atom stereocenters. The number of carbonyl (C=O) groups excluding carboxylic acids is 1. The van der Waals surface area contributed by atoms with Gasteiger partial charge in [-0.2, -0.15) is 0 Å². The normalized spacial score (nSPS) is 12.0. The van der Waals surface area contributed by atoms with Crippen molar-refractivity contribution in [3.63, 3.8) is 0 Å². The van der Waals surface area contributed by atoms with E-state index in [9.17, 15) is 4.79 Å². The zero-order chi connectivity index (χ0) is 19.2. The first-order valence-electron chi connectivity index (χ1n) is 8.76. The fourth-order valence-corrected chi connectivity index (χ4v) is 3.77. The topological polar surface area (TPSA) is 59.8 Å². The number of carbonyl (C=O) groups is 1. The summed E-state index contributed by atoms with van der Waals surface area (Å²) in [4.78, 5) is 12.4. The van der Waals surface area contributed by atoms with Crippen LogP contribution in [0.15, 0.2) is 59.8 Å². The van der Waals surface area contributed by atoms with E-state index in [1.807, 2.05) is 73.0 Å². The van der Waals surface area contributed by atoms with E-state index in [0.29, 0.717) is 18.1 Å². The molecule has 0 fully saturated rings. The summed E-state index contributed by atoms with van der Waals surface area (Å²) in [6.45, 7) is 5.12. The van der Waals surface area contributed by atoms with E-state index < -0.39 is 0 Å². The Kier molecular flexibility index (Phi) is 6.53. The van der Waals surface area contributed by atoms with Gasteiger partial charge in [0.2, 0.25) is 5.91 Å². The minimum atomic E-state index is -0.282. The van der Waals surface area contributed by atoms with Gasteiger partial charge in [-0.1, -0.05) is 65.8 Å². The Morgan fingerprint density at radius 2 is 1.96 bits per heavy atom. The van der Waals surface area contributed by atoms with E-state index in [-0.39, 0.29) is 11.2 Å². The molecule has 7 heteroatoms. The summed E-state index contributed by atoms with van der Waals surface area (Å²) in [5.74, 6) is 0.721. The summed E-state index contributed by atoms with van der Waals surface area (Å²) < 4.78 is 2.00. The molecule has 3 aromatic rings. The third-order valence-corrected chi connectivity index (χ3v) is 5.39. The van der Waals surface area contributed by atoms with Crippen LogP contribution in [0.1, 0.15) is 19.4 Å². The van der Waals surface area contributed by atoms with Crippen LogP contribution in [0.25, 0.3) is 11.4 Å². The van der Waals surface area contributed by atoms with Crippen LogP contribution in [0, 0.1) is 0 Å². The van der Waals surface area contributed by atoms with Crippen molar-refractivity contribution in [2.24, 2.45) is 0 Å². The lowest BCUT2D eigenvalue weighted by Crippen LogP contribution is -2.30. The van der Waals surface area contributed by atoms with Crippen molar-refractivity contribution in [3.8, 4) is 11.4 Å². The molecule has 1 amide bonds. The van der Waals surface area contributed by atoms with Crippen molar-refractivity contribution < 1.29 is 4.79 Å². The van der Waals surface area contributed by atoms with E-state index in [1.165, 1.54) is 11.8 Å². The Hall–Kier alpha value is -2.31. The highest BCUT2D eigenvalue weighted by molar-refractivity contribution is 8.00. The number of hydrogen-bond acceptors (Lipinski definition) is 4. The Morgan fingerprint density at radius 3 is 2.67 bits per heavy atom. The number of amides is 1. The molecule has 2 aromatic carbocycles. The van der Waals surface area contributed by atoms with Crippen LogP contribution >= 0.6 is 23.4 Å². The van der Waals surface area contributed by atoms with Gasteiger partial charge in [-0.3, -0.25) is 4.79 Å². The zero-order valence-electron chi connectivity index (χ0n) is 15.2. The van der Waals surface area contributed by atoms with E-state index in [1.54, 1.807) is 0 Å². The van der Waals surface area contributed by atoms with Crippen LogP contribution in [0.3, 0.4) is 0 Å². The Balaban J connectivity index is 1.68. The molecule has 1 aromatic heterocycles. The van der Waals surface area contributed by atoms with Crippen molar-refractivity contribution in [3.05, 3.63) is 65.2 Å². The number of rotatable bonds is 7. The van der Waals surface area contributed by atoms with Gasteiger partial charge < -0.3 is 9.88 Å². The van der Waals surface area contributed by atoms with Crippen LogP contribution in [0.2, 0.25) is 5.02 Å². The van der Waals surface area contributed by atoms with Crippen molar-refractivity contribution in [1.29, 1.82) is 0 Å². The molecule has 0 spiro atoms. The molecule has 27 heavy (non-hydrogen) atoms. The van der Waals surface area contributed by atoms with Crippen LogP contribution in [-0.4, -0.2) is 25.9 Å². The molecule has 0 bridgehead atoms. The lowest BCUT2D eigenvalue weighted by molar-refractivity contribution is -0.120. The van der Waals surface area contributed by atoms with Crippen molar-refractivity contribution in [2.75, 3.05) is 0 Å². The zero-order valence-corrected chi connectivity index (χ0v) is 16.8. The second kappa shape index (κ2) is 9.06. The first-order chi connectivity index (χ1) is 13.1. The third kappa shape index (κ3) is 4.90. The minimum Gasteiger partial charge on any atom is -0.351 e. The van der Waals surface area contributed by atoms with E-state index in [0.717, 1.165) is 22.1 Å². The van der Waals surface area contributed by atoms with E-state index in [2.05, 4.69) is 15.5 Å². The predicted molar refractivity (Wildman–Crippen MR) is 110 cm³/mol. The first-order valence-corrected chi connectivity index (χ1v) is 10.0. The van der Waals surface area contributed by atoms with Crippen molar-refractivity contribution >= 4 is 29.3 Å². The van der Waals surface area contributed by atoms with Gasteiger partial charge in [-0.05, 0) is 31.5 Å². The van der Waals surface area contributed by atoms with Gasteiger partial charge >= 0.3 is 0 Å². The first kappa shape index (κ1) is 19.5. The third-order valence-electron chi connectivity index (χ3n) is 4.08. The van der Waals surface area contributed by atoms with Crippen LogP contribution in [0.5, 0.6) is 0 Å². The van der Waals surface area contributed by atoms with Crippen LogP contribution in [0.4, 0.5) is 0 Å². The van der Waals surface area contributed by atoms with Gasteiger partial charge in [0.15, 0.2) is 11.0 Å². The molecule has 1 unspecified atom stereocenters. The highest BCUT2D eigenvalue weighted by Crippen LogP contribution is 2.28. The number of halogens is 1. The fraction of sp³-hybridized carbons (Fsp3) is 0.250. The van der Waals surface area contributed by atoms with Gasteiger partial charge in [0.25, 0.3) is 0 Å². The second-order valence-corrected chi connectivity index (χ2v) is 7.77. The molecule has 0 aliphatic carbocycles. The summed E-state index contributed by atoms with van der Waals surface area (Å²) in [6, 6.07) is 17.4. The number of hydrogen-bond donors (Lipinski definition) is 1. The Morgan fingerprint density at radius 1 is 1.19 bits per heavy atom. The molecule has 5 nitrogen and oxygen atoms in total. The van der Waals surface area contributed by atoms with Crippen molar-refractivity contribution in [2.45, 2.75) is 37.3 Å². The summed E-state index contributed by atoms with van der Waals surface area (Å²) in [5.41, 5.74) is 1.98. The summed E-state index contributed by atoms with van der Waals surface area (Å²) in [5, 5.41) is 12.6.